The number of carbonyl (C=O) groups is 1. The molecule has 0 aliphatic carbocycles. The number of anilines is 1. The average molecular weight is 548 g/mol. The van der Waals surface area contributed by atoms with Crippen molar-refractivity contribution < 1.29 is 14.3 Å². The van der Waals surface area contributed by atoms with Crippen LogP contribution in [0.5, 0.6) is 0 Å². The molecule has 2 saturated heterocycles. The molecule has 1 amide bonds. The monoisotopic (exact) mass is 547 g/mol. The Balaban J connectivity index is 1.16. The van der Waals surface area contributed by atoms with Gasteiger partial charge in [-0.05, 0) is 36.1 Å². The Morgan fingerprint density at radius 2 is 1.85 bits per heavy atom. The van der Waals surface area contributed by atoms with Crippen LogP contribution in [0, 0.1) is 0 Å². The molecule has 8 nitrogen and oxygen atoms in total. The van der Waals surface area contributed by atoms with E-state index in [1.807, 2.05) is 30.3 Å². The van der Waals surface area contributed by atoms with Gasteiger partial charge in [0.25, 0.3) is 5.91 Å². The SMILES string of the molecule is COCc1cc(N2CCN(Cc3ccccc3)CC2)nc(SCc2ccc(C(=O)NC[C@H]3CCCO3)cc2)n1. The van der Waals surface area contributed by atoms with Crippen LogP contribution in [0.3, 0.4) is 0 Å². The first kappa shape index (κ1) is 27.6. The first-order valence-electron chi connectivity index (χ1n) is 13.7. The number of methoxy groups -OCH3 is 1. The van der Waals surface area contributed by atoms with Crippen molar-refractivity contribution in [1.29, 1.82) is 0 Å². The lowest BCUT2D eigenvalue weighted by Crippen LogP contribution is -2.46. The number of nitrogens with zero attached hydrogens (tertiary/aromatic N) is 4. The third-order valence-corrected chi connectivity index (χ3v) is 8.00. The number of hydrogen-bond donors (Lipinski definition) is 1. The highest BCUT2D eigenvalue weighted by molar-refractivity contribution is 7.98. The normalized spacial score (nSPS) is 17.9. The fraction of sp³-hybridized carbons (Fsp3) is 0.433. The van der Waals surface area contributed by atoms with Crippen LogP contribution in [0.4, 0.5) is 5.82 Å². The van der Waals surface area contributed by atoms with E-state index in [9.17, 15) is 4.79 Å². The average Bonchev–Trinajstić information content (AvgIpc) is 3.50. The minimum Gasteiger partial charge on any atom is -0.378 e. The number of piperazine rings is 1. The van der Waals surface area contributed by atoms with Crippen molar-refractivity contribution in [3.05, 3.63) is 83.0 Å². The van der Waals surface area contributed by atoms with Gasteiger partial charge in [-0.2, -0.15) is 0 Å². The maximum absolute atomic E-state index is 12.5. The van der Waals surface area contributed by atoms with E-state index in [-0.39, 0.29) is 12.0 Å². The molecule has 0 bridgehead atoms. The zero-order valence-electron chi connectivity index (χ0n) is 22.6. The zero-order chi connectivity index (χ0) is 26.9. The van der Waals surface area contributed by atoms with Gasteiger partial charge in [0.05, 0.1) is 18.4 Å². The fourth-order valence-corrected chi connectivity index (χ4v) is 5.73. The Hall–Kier alpha value is -2.98. The summed E-state index contributed by atoms with van der Waals surface area (Å²) in [5.74, 6) is 1.62. The lowest BCUT2D eigenvalue weighted by molar-refractivity contribution is 0.0858. The lowest BCUT2D eigenvalue weighted by atomic mass is 10.1. The van der Waals surface area contributed by atoms with Gasteiger partial charge < -0.3 is 19.7 Å². The van der Waals surface area contributed by atoms with Crippen molar-refractivity contribution in [3.63, 3.8) is 0 Å². The number of aromatic nitrogens is 2. The summed E-state index contributed by atoms with van der Waals surface area (Å²) in [6.45, 7) is 6.63. The molecule has 3 aromatic rings. The summed E-state index contributed by atoms with van der Waals surface area (Å²) in [5, 5.41) is 3.72. The van der Waals surface area contributed by atoms with E-state index in [1.54, 1.807) is 18.9 Å². The van der Waals surface area contributed by atoms with Gasteiger partial charge in [-0.15, -0.1) is 0 Å². The first-order valence-corrected chi connectivity index (χ1v) is 14.6. The van der Waals surface area contributed by atoms with Crippen LogP contribution >= 0.6 is 11.8 Å². The van der Waals surface area contributed by atoms with Crippen molar-refractivity contribution in [2.24, 2.45) is 0 Å². The van der Waals surface area contributed by atoms with E-state index in [0.717, 1.165) is 80.2 Å². The molecule has 0 radical (unpaired) electrons. The van der Waals surface area contributed by atoms with Crippen molar-refractivity contribution >= 4 is 23.5 Å². The maximum Gasteiger partial charge on any atom is 0.251 e. The third kappa shape index (κ3) is 8.02. The second-order valence-electron chi connectivity index (χ2n) is 10.0. The van der Waals surface area contributed by atoms with Crippen LogP contribution in [-0.2, 0) is 28.4 Å². The minimum atomic E-state index is -0.0613. The smallest absolute Gasteiger partial charge is 0.251 e. The topological polar surface area (TPSA) is 79.8 Å². The molecular weight excluding hydrogens is 510 g/mol. The molecular formula is C30H37N5O3S. The number of hydrogen-bond acceptors (Lipinski definition) is 8. The van der Waals surface area contributed by atoms with Crippen LogP contribution in [0.2, 0.25) is 0 Å². The molecule has 0 saturated carbocycles. The van der Waals surface area contributed by atoms with E-state index in [2.05, 4.69) is 45.4 Å². The Morgan fingerprint density at radius 1 is 1.05 bits per heavy atom. The van der Waals surface area contributed by atoms with E-state index in [4.69, 9.17) is 19.4 Å². The number of rotatable bonds is 11. The Morgan fingerprint density at radius 3 is 2.56 bits per heavy atom. The third-order valence-electron chi connectivity index (χ3n) is 7.08. The van der Waals surface area contributed by atoms with Crippen molar-refractivity contribution in [2.75, 3.05) is 51.3 Å². The van der Waals surface area contributed by atoms with E-state index in [0.29, 0.717) is 18.7 Å². The van der Waals surface area contributed by atoms with Gasteiger partial charge in [0, 0.05) is 70.4 Å². The molecule has 0 unspecified atom stereocenters. The van der Waals surface area contributed by atoms with Crippen LogP contribution in [0.25, 0.3) is 0 Å². The van der Waals surface area contributed by atoms with Crippen molar-refractivity contribution in [1.82, 2.24) is 20.2 Å². The Labute approximate surface area is 235 Å². The van der Waals surface area contributed by atoms with Gasteiger partial charge in [-0.25, -0.2) is 9.97 Å². The summed E-state index contributed by atoms with van der Waals surface area (Å²) in [7, 11) is 1.69. The molecule has 5 rings (SSSR count). The molecule has 39 heavy (non-hydrogen) atoms. The number of benzene rings is 2. The molecule has 3 heterocycles. The molecule has 0 spiro atoms. The summed E-state index contributed by atoms with van der Waals surface area (Å²) < 4.78 is 11.0. The number of carbonyl (C=O) groups excluding carboxylic acids is 1. The van der Waals surface area contributed by atoms with Gasteiger partial charge in [0.2, 0.25) is 0 Å². The molecule has 1 atom stereocenters. The van der Waals surface area contributed by atoms with Crippen molar-refractivity contribution in [3.8, 4) is 0 Å². The molecule has 206 valence electrons. The molecule has 2 aliphatic rings. The number of thioether (sulfide) groups is 1. The molecule has 9 heteroatoms. The predicted molar refractivity (Wildman–Crippen MR) is 154 cm³/mol. The minimum absolute atomic E-state index is 0.0613. The van der Waals surface area contributed by atoms with Gasteiger partial charge in [0.1, 0.15) is 5.82 Å². The Bertz CT molecular complexity index is 1200. The molecule has 2 aromatic carbocycles. The van der Waals surface area contributed by atoms with E-state index >= 15 is 0 Å². The van der Waals surface area contributed by atoms with Gasteiger partial charge in [0.15, 0.2) is 5.16 Å². The van der Waals surface area contributed by atoms with Crippen LogP contribution in [-0.4, -0.2) is 73.3 Å². The molecule has 2 fully saturated rings. The van der Waals surface area contributed by atoms with Gasteiger partial charge in [-0.1, -0.05) is 54.2 Å². The standard InChI is InChI=1S/C30H37N5O3S/c1-37-21-26-18-28(35-15-13-34(14-16-35)20-23-6-3-2-4-7-23)33-30(32-26)39-22-24-9-11-25(12-10-24)29(36)31-19-27-8-5-17-38-27/h2-4,6-7,9-12,18,27H,5,8,13-17,19-22H2,1H3,(H,31,36)/t27-/m1/s1. The second-order valence-corrected chi connectivity index (χ2v) is 11.0. The highest BCUT2D eigenvalue weighted by atomic mass is 32.2. The summed E-state index contributed by atoms with van der Waals surface area (Å²) in [5.41, 5.74) is 4.01. The van der Waals surface area contributed by atoms with Crippen LogP contribution in [0.1, 0.15) is 40.0 Å². The second kappa shape index (κ2) is 13.9. The number of ether oxygens (including phenoxy) is 2. The fourth-order valence-electron chi connectivity index (χ4n) is 4.90. The maximum atomic E-state index is 12.5. The van der Waals surface area contributed by atoms with E-state index < -0.39 is 0 Å². The van der Waals surface area contributed by atoms with E-state index in [1.165, 1.54) is 5.56 Å². The van der Waals surface area contributed by atoms with Gasteiger partial charge >= 0.3 is 0 Å². The van der Waals surface area contributed by atoms with Crippen LogP contribution < -0.4 is 10.2 Å². The summed E-state index contributed by atoms with van der Waals surface area (Å²) >= 11 is 1.60. The number of amides is 1. The predicted octanol–water partition coefficient (Wildman–Crippen LogP) is 4.15. The van der Waals surface area contributed by atoms with Crippen LogP contribution in [0.15, 0.2) is 65.8 Å². The largest absolute Gasteiger partial charge is 0.378 e. The number of nitrogens with one attached hydrogen (secondary N) is 1. The summed E-state index contributed by atoms with van der Waals surface area (Å²) in [6.07, 6.45) is 2.22. The highest BCUT2D eigenvalue weighted by Crippen LogP contribution is 2.24. The molecule has 1 aromatic heterocycles. The summed E-state index contributed by atoms with van der Waals surface area (Å²) in [4.78, 5) is 26.9. The zero-order valence-corrected chi connectivity index (χ0v) is 23.4. The lowest BCUT2D eigenvalue weighted by Gasteiger charge is -2.35. The molecule has 1 N–H and O–H groups in total. The van der Waals surface area contributed by atoms with Gasteiger partial charge in [-0.3, -0.25) is 9.69 Å². The Kier molecular flexibility index (Phi) is 9.82. The molecule has 2 aliphatic heterocycles. The quantitative estimate of drug-likeness (QED) is 0.283. The first-order chi connectivity index (χ1) is 19.2. The van der Waals surface area contributed by atoms with Crippen molar-refractivity contribution in [2.45, 2.75) is 43.0 Å². The highest BCUT2D eigenvalue weighted by Gasteiger charge is 2.20. The summed E-state index contributed by atoms with van der Waals surface area (Å²) in [6, 6.07) is 20.4.